The molecule has 5 heterocycles. The fourth-order valence-electron chi connectivity index (χ4n) is 7.74. The normalized spacial score (nSPS) is 17.5. The van der Waals surface area contributed by atoms with E-state index in [1.54, 1.807) is 56.4 Å². The number of methoxy groups -OCH3 is 3. The van der Waals surface area contributed by atoms with Gasteiger partial charge in [-0.05, 0) is 67.5 Å². The number of carbonyl (C=O) groups excluding carboxylic acids is 3. The van der Waals surface area contributed by atoms with Gasteiger partial charge in [0.25, 0.3) is 11.5 Å². The molecule has 0 spiro atoms. The summed E-state index contributed by atoms with van der Waals surface area (Å²) in [5.74, 6) is 1.47. The number of piperidine rings is 2. The van der Waals surface area contributed by atoms with E-state index in [1.165, 1.54) is 12.0 Å². The number of aromatic nitrogens is 2. The summed E-state index contributed by atoms with van der Waals surface area (Å²) >= 11 is 0. The summed E-state index contributed by atoms with van der Waals surface area (Å²) in [6, 6.07) is 10.4. The van der Waals surface area contributed by atoms with Gasteiger partial charge in [0.1, 0.15) is 17.2 Å². The highest BCUT2D eigenvalue weighted by atomic mass is 16.5. The molecule has 0 atom stereocenters. The highest BCUT2D eigenvalue weighted by Crippen LogP contribution is 2.39. The molecule has 0 bridgehead atoms. The zero-order valence-corrected chi connectivity index (χ0v) is 31.1. The number of pyridine rings is 2. The lowest BCUT2D eigenvalue weighted by Gasteiger charge is -2.37. The molecule has 4 aromatic rings. The molecule has 54 heavy (non-hydrogen) atoms. The SMILES string of the molecule is COc1cc(-c2cn(C)c(=O)c3cnccc23)c(OC)cc1CN1CCC(OC2CCN(C(=O)c3ccc(OC)c(N4CCC(=O)NC4=O)c3)CC2)CC1. The minimum absolute atomic E-state index is 0.0767. The van der Waals surface area contributed by atoms with Gasteiger partial charge < -0.3 is 28.4 Å². The first-order chi connectivity index (χ1) is 26.2. The second-order valence-corrected chi connectivity index (χ2v) is 14.0. The number of anilines is 1. The highest BCUT2D eigenvalue weighted by molar-refractivity contribution is 6.07. The van der Waals surface area contributed by atoms with Crippen molar-refractivity contribution < 1.29 is 33.3 Å². The number of imide groups is 1. The number of fused-ring (bicyclic) bond motifs is 1. The van der Waals surface area contributed by atoms with E-state index < -0.39 is 6.03 Å². The van der Waals surface area contributed by atoms with Crippen molar-refractivity contribution in [2.45, 2.75) is 50.9 Å². The fraction of sp³-hybridized carbons (Fsp3) is 0.425. The molecule has 7 rings (SSSR count). The molecule has 0 radical (unpaired) electrons. The predicted octanol–water partition coefficient (Wildman–Crippen LogP) is 4.36. The summed E-state index contributed by atoms with van der Waals surface area (Å²) in [7, 11) is 6.57. The van der Waals surface area contributed by atoms with E-state index in [0.29, 0.717) is 47.8 Å². The molecule has 14 heteroatoms. The van der Waals surface area contributed by atoms with Crippen LogP contribution in [-0.4, -0.2) is 103 Å². The number of rotatable bonds is 10. The Bertz CT molecular complexity index is 2120. The average Bonchev–Trinajstić information content (AvgIpc) is 3.19. The fourth-order valence-corrected chi connectivity index (χ4v) is 7.74. The van der Waals surface area contributed by atoms with E-state index in [-0.39, 0.29) is 42.5 Å². The van der Waals surface area contributed by atoms with Crippen LogP contribution >= 0.6 is 0 Å². The Morgan fingerprint density at radius 2 is 1.52 bits per heavy atom. The first-order valence-electron chi connectivity index (χ1n) is 18.3. The smallest absolute Gasteiger partial charge is 0.328 e. The lowest BCUT2D eigenvalue weighted by Crippen LogP contribution is -2.49. The molecule has 3 aliphatic rings. The number of likely N-dealkylation sites (tertiary alicyclic amines) is 2. The third-order valence-corrected chi connectivity index (χ3v) is 10.7. The van der Waals surface area contributed by atoms with Gasteiger partial charge in [-0.2, -0.15) is 0 Å². The molecule has 0 saturated carbocycles. The lowest BCUT2D eigenvalue weighted by atomic mass is 9.98. The number of benzene rings is 2. The van der Waals surface area contributed by atoms with Crippen molar-refractivity contribution in [1.82, 2.24) is 24.7 Å². The summed E-state index contributed by atoms with van der Waals surface area (Å²) in [6.45, 7) is 3.80. The minimum atomic E-state index is -0.529. The molecule has 3 saturated heterocycles. The molecular formula is C40H46N6O8. The molecule has 284 valence electrons. The van der Waals surface area contributed by atoms with Crippen LogP contribution in [0.5, 0.6) is 17.2 Å². The van der Waals surface area contributed by atoms with Crippen LogP contribution in [0, 0.1) is 0 Å². The summed E-state index contributed by atoms with van der Waals surface area (Å²) < 4.78 is 25.4. The van der Waals surface area contributed by atoms with Crippen molar-refractivity contribution in [3.05, 3.63) is 76.5 Å². The molecule has 0 aliphatic carbocycles. The number of carbonyl (C=O) groups is 3. The number of hydrogen-bond donors (Lipinski definition) is 1. The molecule has 1 N–H and O–H groups in total. The summed E-state index contributed by atoms with van der Waals surface area (Å²) in [4.78, 5) is 60.4. The Morgan fingerprint density at radius 1 is 0.815 bits per heavy atom. The number of nitrogens with one attached hydrogen (secondary N) is 1. The van der Waals surface area contributed by atoms with E-state index in [1.807, 2.05) is 29.3 Å². The highest BCUT2D eigenvalue weighted by Gasteiger charge is 2.31. The third kappa shape index (κ3) is 7.48. The quantitative estimate of drug-likeness (QED) is 0.249. The van der Waals surface area contributed by atoms with Crippen LogP contribution in [0.15, 0.2) is 59.8 Å². The van der Waals surface area contributed by atoms with Crippen molar-refractivity contribution in [1.29, 1.82) is 0 Å². The van der Waals surface area contributed by atoms with E-state index in [9.17, 15) is 19.2 Å². The Morgan fingerprint density at radius 3 is 2.20 bits per heavy atom. The molecule has 2 aromatic heterocycles. The van der Waals surface area contributed by atoms with Crippen LogP contribution in [0.1, 0.15) is 48.0 Å². The minimum Gasteiger partial charge on any atom is -0.496 e. The molecule has 3 aliphatic heterocycles. The first kappa shape index (κ1) is 36.9. The molecule has 4 amide bonds. The van der Waals surface area contributed by atoms with Crippen molar-refractivity contribution in [3.8, 4) is 28.4 Å². The van der Waals surface area contributed by atoms with E-state index in [4.69, 9.17) is 18.9 Å². The molecular weight excluding hydrogens is 692 g/mol. The van der Waals surface area contributed by atoms with Gasteiger partial charge in [-0.1, -0.05) is 0 Å². The molecule has 3 fully saturated rings. The number of urea groups is 1. The Kier molecular flexibility index (Phi) is 10.8. The second-order valence-electron chi connectivity index (χ2n) is 14.0. The Labute approximate surface area is 313 Å². The number of nitrogens with zero attached hydrogens (tertiary/aromatic N) is 5. The maximum Gasteiger partial charge on any atom is 0.328 e. The maximum absolute atomic E-state index is 13.5. The van der Waals surface area contributed by atoms with Gasteiger partial charge in [-0.15, -0.1) is 0 Å². The monoisotopic (exact) mass is 738 g/mol. The van der Waals surface area contributed by atoms with E-state index in [2.05, 4.69) is 15.2 Å². The largest absolute Gasteiger partial charge is 0.496 e. The number of hydrogen-bond acceptors (Lipinski definition) is 10. The number of aryl methyl sites for hydroxylation is 1. The standard InChI is InChI=1S/C40H46N6O8/c1-43-24-32(29-7-13-41-22-31(29)39(43)49)30-21-35(52-3)26(20-36(30)53-4)23-44-14-8-27(9-15-44)54-28-10-16-45(17-11-28)38(48)25-5-6-34(51-2)33(19-25)46-18-12-37(47)42-40(46)50/h5-7,13,19-22,24,27-28H,8-12,14-18,23H2,1-4H3,(H,42,47,50). The zero-order valence-electron chi connectivity index (χ0n) is 31.1. The molecule has 0 unspecified atom stereocenters. The van der Waals surface area contributed by atoms with Crippen LogP contribution in [0.2, 0.25) is 0 Å². The predicted molar refractivity (Wildman–Crippen MR) is 202 cm³/mol. The number of amides is 4. The van der Waals surface area contributed by atoms with Crippen LogP contribution in [-0.2, 0) is 23.1 Å². The van der Waals surface area contributed by atoms with Gasteiger partial charge in [-0.3, -0.25) is 34.5 Å². The zero-order chi connectivity index (χ0) is 37.9. The number of ether oxygens (including phenoxy) is 4. The summed E-state index contributed by atoms with van der Waals surface area (Å²) in [5, 5.41) is 3.67. The summed E-state index contributed by atoms with van der Waals surface area (Å²) in [5.41, 5.74) is 3.53. The van der Waals surface area contributed by atoms with Gasteiger partial charge in [0, 0.05) is 93.6 Å². The van der Waals surface area contributed by atoms with Gasteiger partial charge in [0.2, 0.25) is 5.91 Å². The van der Waals surface area contributed by atoms with Gasteiger partial charge in [0.15, 0.2) is 0 Å². The Balaban J connectivity index is 0.939. The van der Waals surface area contributed by atoms with Gasteiger partial charge in [0.05, 0.1) is 44.6 Å². The molecule has 2 aromatic carbocycles. The lowest BCUT2D eigenvalue weighted by molar-refractivity contribution is -0.120. The maximum atomic E-state index is 13.5. The summed E-state index contributed by atoms with van der Waals surface area (Å²) in [6.07, 6.45) is 8.81. The van der Waals surface area contributed by atoms with E-state index >= 15 is 0 Å². The first-order valence-corrected chi connectivity index (χ1v) is 18.3. The average molecular weight is 739 g/mol. The van der Waals surface area contributed by atoms with Crippen LogP contribution in [0.4, 0.5) is 10.5 Å². The van der Waals surface area contributed by atoms with Crippen LogP contribution in [0.25, 0.3) is 21.9 Å². The van der Waals surface area contributed by atoms with Crippen molar-refractivity contribution in [2.24, 2.45) is 7.05 Å². The molecule has 14 nitrogen and oxygen atoms in total. The second kappa shape index (κ2) is 15.9. The van der Waals surface area contributed by atoms with Gasteiger partial charge >= 0.3 is 6.03 Å². The van der Waals surface area contributed by atoms with Crippen LogP contribution < -0.4 is 30.0 Å². The van der Waals surface area contributed by atoms with Crippen molar-refractivity contribution in [2.75, 3.05) is 59.0 Å². The van der Waals surface area contributed by atoms with Gasteiger partial charge in [-0.25, -0.2) is 4.79 Å². The Hall–Kier alpha value is -5.47. The third-order valence-electron chi connectivity index (χ3n) is 10.7. The van der Waals surface area contributed by atoms with Crippen LogP contribution in [0.3, 0.4) is 0 Å². The van der Waals surface area contributed by atoms with Crippen molar-refractivity contribution >= 4 is 34.3 Å². The van der Waals surface area contributed by atoms with E-state index in [0.717, 1.165) is 66.6 Å². The topological polar surface area (TPSA) is 145 Å². The van der Waals surface area contributed by atoms with Crippen molar-refractivity contribution in [3.63, 3.8) is 0 Å².